The molecule has 1 unspecified atom stereocenters. The molecule has 0 aromatic carbocycles. The maximum absolute atomic E-state index is 12.4. The smallest absolute Gasteiger partial charge is 0.242 e. The van der Waals surface area contributed by atoms with E-state index in [1.165, 1.54) is 0 Å². The van der Waals surface area contributed by atoms with E-state index in [1.807, 2.05) is 42.8 Å². The van der Waals surface area contributed by atoms with Crippen LogP contribution in [0.2, 0.25) is 0 Å². The lowest BCUT2D eigenvalue weighted by Crippen LogP contribution is -2.46. The predicted molar refractivity (Wildman–Crippen MR) is 118 cm³/mol. The van der Waals surface area contributed by atoms with Gasteiger partial charge in [0.05, 0.1) is 25.5 Å². The van der Waals surface area contributed by atoms with Crippen LogP contribution in [0.3, 0.4) is 0 Å². The van der Waals surface area contributed by atoms with Crippen molar-refractivity contribution in [1.82, 2.24) is 15.1 Å². The fraction of sp³-hybridized carbons (Fsp3) is 0.684. The molecule has 8 heteroatoms. The van der Waals surface area contributed by atoms with Gasteiger partial charge in [-0.05, 0) is 38.8 Å². The second-order valence-corrected chi connectivity index (χ2v) is 6.48. The number of ether oxygens (including phenoxy) is 1. The average Bonchev–Trinajstić information content (AvgIpc) is 3.32. The molecule has 0 saturated carbocycles. The number of carbonyl (C=O) groups is 1. The van der Waals surface area contributed by atoms with E-state index >= 15 is 0 Å². The summed E-state index contributed by atoms with van der Waals surface area (Å²) in [5.41, 5.74) is 0. The third-order valence-corrected chi connectivity index (χ3v) is 4.55. The monoisotopic (exact) mass is 492 g/mol. The molecule has 1 aromatic rings. The first-order valence-corrected chi connectivity index (χ1v) is 9.55. The molecule has 1 aliphatic heterocycles. The van der Waals surface area contributed by atoms with E-state index in [-0.39, 0.29) is 36.0 Å². The third kappa shape index (κ3) is 8.08. The number of carbonyl (C=O) groups excluding carboxylic acids is 1. The highest BCUT2D eigenvalue weighted by Crippen LogP contribution is 2.12. The summed E-state index contributed by atoms with van der Waals surface area (Å²) >= 11 is 0. The molecule has 27 heavy (non-hydrogen) atoms. The quantitative estimate of drug-likeness (QED) is 0.326. The number of furan rings is 1. The molecule has 1 saturated heterocycles. The highest BCUT2D eigenvalue weighted by atomic mass is 127. The number of hydrogen-bond acceptors (Lipinski definition) is 4. The molecule has 7 nitrogen and oxygen atoms in total. The molecule has 1 fully saturated rings. The lowest BCUT2D eigenvalue weighted by Gasteiger charge is -2.26. The zero-order valence-corrected chi connectivity index (χ0v) is 19.0. The molecule has 0 radical (unpaired) electrons. The molecule has 2 heterocycles. The van der Waals surface area contributed by atoms with Crippen molar-refractivity contribution in [3.63, 3.8) is 0 Å². The van der Waals surface area contributed by atoms with Crippen LogP contribution < -0.4 is 5.32 Å². The molecule has 1 aliphatic rings. The number of likely N-dealkylation sites (N-methyl/N-ethyl adjacent to an activating group) is 2. The SMILES string of the molecule is CCN(CC)C(=O)CN(C)C(=NCC1CCCO1)NCCc1ccco1.I. The van der Waals surface area contributed by atoms with Crippen LogP contribution in [0, 0.1) is 0 Å². The highest BCUT2D eigenvalue weighted by Gasteiger charge is 2.18. The van der Waals surface area contributed by atoms with Crippen molar-refractivity contribution in [3.05, 3.63) is 24.2 Å². The van der Waals surface area contributed by atoms with Gasteiger partial charge in [-0.2, -0.15) is 0 Å². The minimum Gasteiger partial charge on any atom is -0.469 e. The molecular formula is C19H33IN4O3. The number of hydrogen-bond donors (Lipinski definition) is 1. The van der Waals surface area contributed by atoms with Crippen LogP contribution in [0.25, 0.3) is 0 Å². The summed E-state index contributed by atoms with van der Waals surface area (Å²) in [7, 11) is 1.90. The zero-order chi connectivity index (χ0) is 18.8. The number of amides is 1. The molecule has 0 spiro atoms. The van der Waals surface area contributed by atoms with Crippen molar-refractivity contribution in [2.24, 2.45) is 4.99 Å². The van der Waals surface area contributed by atoms with Gasteiger partial charge in [0.1, 0.15) is 5.76 Å². The Labute approximate surface area is 179 Å². The van der Waals surface area contributed by atoms with E-state index in [9.17, 15) is 4.79 Å². The largest absolute Gasteiger partial charge is 0.469 e. The first-order valence-electron chi connectivity index (χ1n) is 9.55. The van der Waals surface area contributed by atoms with E-state index in [4.69, 9.17) is 14.1 Å². The molecule has 0 aliphatic carbocycles. The first kappa shape index (κ1) is 23.7. The Hall–Kier alpha value is -1.29. The van der Waals surface area contributed by atoms with E-state index < -0.39 is 0 Å². The van der Waals surface area contributed by atoms with Gasteiger partial charge in [-0.3, -0.25) is 9.79 Å². The van der Waals surface area contributed by atoms with E-state index in [2.05, 4.69) is 5.32 Å². The molecule has 1 amide bonds. The number of guanidine groups is 1. The topological polar surface area (TPSA) is 70.3 Å². The number of halogens is 1. The third-order valence-electron chi connectivity index (χ3n) is 4.55. The minimum absolute atomic E-state index is 0. The molecule has 1 atom stereocenters. The summed E-state index contributed by atoms with van der Waals surface area (Å²) in [6.07, 6.45) is 4.77. The Morgan fingerprint density at radius 1 is 1.37 bits per heavy atom. The van der Waals surface area contributed by atoms with Gasteiger partial charge in [0.25, 0.3) is 0 Å². The van der Waals surface area contributed by atoms with Gasteiger partial charge in [0.2, 0.25) is 5.91 Å². The molecular weight excluding hydrogens is 459 g/mol. The number of nitrogens with one attached hydrogen (secondary N) is 1. The summed E-state index contributed by atoms with van der Waals surface area (Å²) in [5, 5.41) is 3.35. The average molecular weight is 492 g/mol. The fourth-order valence-electron chi connectivity index (χ4n) is 2.99. The van der Waals surface area contributed by atoms with Gasteiger partial charge in [0.15, 0.2) is 5.96 Å². The van der Waals surface area contributed by atoms with Gasteiger partial charge in [-0.1, -0.05) is 0 Å². The van der Waals surface area contributed by atoms with Crippen molar-refractivity contribution in [2.45, 2.75) is 39.2 Å². The summed E-state index contributed by atoms with van der Waals surface area (Å²) < 4.78 is 11.0. The summed E-state index contributed by atoms with van der Waals surface area (Å²) in [4.78, 5) is 20.8. The normalized spacial score (nSPS) is 16.7. The highest BCUT2D eigenvalue weighted by molar-refractivity contribution is 14.0. The number of aliphatic imine (C=N–C) groups is 1. The number of rotatable bonds is 9. The van der Waals surface area contributed by atoms with Gasteiger partial charge in [-0.15, -0.1) is 24.0 Å². The Kier molecular flexibility index (Phi) is 11.4. The van der Waals surface area contributed by atoms with Crippen LogP contribution >= 0.6 is 24.0 Å². The Morgan fingerprint density at radius 2 is 2.15 bits per heavy atom. The lowest BCUT2D eigenvalue weighted by atomic mass is 10.2. The molecule has 2 rings (SSSR count). The van der Waals surface area contributed by atoms with Crippen LogP contribution in [-0.4, -0.2) is 74.1 Å². The van der Waals surface area contributed by atoms with E-state index in [0.29, 0.717) is 19.6 Å². The Morgan fingerprint density at radius 3 is 2.74 bits per heavy atom. The van der Waals surface area contributed by atoms with Crippen LogP contribution in [0.4, 0.5) is 0 Å². The summed E-state index contributed by atoms with van der Waals surface area (Å²) in [6, 6.07) is 3.84. The van der Waals surface area contributed by atoms with Crippen molar-refractivity contribution >= 4 is 35.8 Å². The first-order chi connectivity index (χ1) is 12.6. The van der Waals surface area contributed by atoms with Crippen molar-refractivity contribution < 1.29 is 13.9 Å². The molecule has 1 N–H and O–H groups in total. The van der Waals surface area contributed by atoms with Gasteiger partial charge < -0.3 is 24.3 Å². The maximum atomic E-state index is 12.4. The fourth-order valence-corrected chi connectivity index (χ4v) is 2.99. The van der Waals surface area contributed by atoms with Gasteiger partial charge in [0, 0.05) is 39.7 Å². The van der Waals surface area contributed by atoms with Gasteiger partial charge >= 0.3 is 0 Å². The van der Waals surface area contributed by atoms with Crippen molar-refractivity contribution in [1.29, 1.82) is 0 Å². The molecule has 154 valence electrons. The van der Waals surface area contributed by atoms with E-state index in [0.717, 1.165) is 50.7 Å². The molecule has 0 bridgehead atoms. The standard InChI is InChI=1S/C19H32N4O3.HI/c1-4-23(5-2)18(24)15-22(3)19(21-14-17-9-7-13-26-17)20-11-10-16-8-6-12-25-16;/h6,8,12,17H,4-5,7,9-11,13-15H2,1-3H3,(H,20,21);1H. The lowest BCUT2D eigenvalue weighted by molar-refractivity contribution is -0.131. The minimum atomic E-state index is 0. The number of nitrogens with zero attached hydrogens (tertiary/aromatic N) is 3. The second-order valence-electron chi connectivity index (χ2n) is 6.48. The van der Waals surface area contributed by atoms with Gasteiger partial charge in [-0.25, -0.2) is 0 Å². The van der Waals surface area contributed by atoms with Crippen LogP contribution in [-0.2, 0) is 16.0 Å². The van der Waals surface area contributed by atoms with Crippen molar-refractivity contribution in [3.8, 4) is 0 Å². The Balaban J connectivity index is 0.00000364. The molecule has 1 aromatic heterocycles. The predicted octanol–water partition coefficient (Wildman–Crippen LogP) is 2.36. The van der Waals surface area contributed by atoms with Crippen LogP contribution in [0.5, 0.6) is 0 Å². The van der Waals surface area contributed by atoms with E-state index in [1.54, 1.807) is 6.26 Å². The zero-order valence-electron chi connectivity index (χ0n) is 16.6. The van der Waals surface area contributed by atoms with Crippen LogP contribution in [0.1, 0.15) is 32.4 Å². The summed E-state index contributed by atoms with van der Waals surface area (Å²) in [6.45, 7) is 7.87. The Bertz CT molecular complexity index is 555. The van der Waals surface area contributed by atoms with Crippen LogP contribution in [0.15, 0.2) is 27.8 Å². The second kappa shape index (κ2) is 13.0. The maximum Gasteiger partial charge on any atom is 0.242 e. The summed E-state index contributed by atoms with van der Waals surface area (Å²) in [5.74, 6) is 1.76. The van der Waals surface area contributed by atoms with Crippen molar-refractivity contribution in [2.75, 3.05) is 46.4 Å².